The standard InChI is InChI=1S/C24H25N3O2S/c1-5-27(4)15(3)13-16-6-8-17(9-7-16)20-19(26-29)12-14(2)22-21(20)18-10-11-30-23(18)24(28)25-22/h6-12,15H,5,13H2,1-4H3,(H,25,28). The largest absolute Gasteiger partial charge is 0.320 e. The summed E-state index contributed by atoms with van der Waals surface area (Å²) in [5.74, 6) is 0. The molecule has 30 heavy (non-hydrogen) atoms. The van der Waals surface area contributed by atoms with Crippen LogP contribution in [-0.4, -0.2) is 29.5 Å². The van der Waals surface area contributed by atoms with Crippen molar-refractivity contribution in [1.29, 1.82) is 0 Å². The molecule has 0 saturated heterocycles. The van der Waals surface area contributed by atoms with Crippen LogP contribution < -0.4 is 5.56 Å². The fourth-order valence-electron chi connectivity index (χ4n) is 4.06. The van der Waals surface area contributed by atoms with E-state index in [1.807, 2.05) is 18.4 Å². The van der Waals surface area contributed by atoms with Crippen LogP contribution >= 0.6 is 11.3 Å². The SMILES string of the molecule is CCN(C)C(C)Cc1ccc(-c2c(N=O)cc(C)c3[nH]c(=O)c4sccc4c23)cc1. The second kappa shape index (κ2) is 8.13. The number of aromatic nitrogens is 1. The van der Waals surface area contributed by atoms with Crippen molar-refractivity contribution >= 4 is 38.0 Å². The van der Waals surface area contributed by atoms with Crippen molar-refractivity contribution in [2.45, 2.75) is 33.2 Å². The monoisotopic (exact) mass is 419 g/mol. The van der Waals surface area contributed by atoms with Crippen LogP contribution in [-0.2, 0) is 6.42 Å². The molecule has 0 radical (unpaired) electrons. The number of benzene rings is 2. The minimum atomic E-state index is -0.0993. The van der Waals surface area contributed by atoms with Gasteiger partial charge in [-0.15, -0.1) is 16.2 Å². The van der Waals surface area contributed by atoms with E-state index in [0.717, 1.165) is 45.9 Å². The van der Waals surface area contributed by atoms with Gasteiger partial charge in [0.15, 0.2) is 0 Å². The topological polar surface area (TPSA) is 65.5 Å². The molecule has 1 unspecified atom stereocenters. The fourth-order valence-corrected chi connectivity index (χ4v) is 4.86. The minimum absolute atomic E-state index is 0.0993. The van der Waals surface area contributed by atoms with Gasteiger partial charge in [-0.25, -0.2) is 0 Å². The van der Waals surface area contributed by atoms with Crippen LogP contribution in [0.25, 0.3) is 32.1 Å². The lowest BCUT2D eigenvalue weighted by Gasteiger charge is -2.23. The molecular formula is C24H25N3O2S. The highest BCUT2D eigenvalue weighted by Gasteiger charge is 2.18. The van der Waals surface area contributed by atoms with Gasteiger partial charge < -0.3 is 9.88 Å². The first-order valence-corrected chi connectivity index (χ1v) is 11.0. The first kappa shape index (κ1) is 20.4. The lowest BCUT2D eigenvalue weighted by atomic mass is 9.93. The molecule has 4 aromatic rings. The molecule has 2 aromatic heterocycles. The van der Waals surface area contributed by atoms with Gasteiger partial charge in [0.2, 0.25) is 0 Å². The molecule has 154 valence electrons. The van der Waals surface area contributed by atoms with Gasteiger partial charge in [-0.1, -0.05) is 31.2 Å². The molecule has 0 aliphatic heterocycles. The molecule has 6 heteroatoms. The predicted octanol–water partition coefficient (Wildman–Crippen LogP) is 6.00. The summed E-state index contributed by atoms with van der Waals surface area (Å²) in [4.78, 5) is 29.6. The zero-order valence-corrected chi connectivity index (χ0v) is 18.5. The average molecular weight is 420 g/mol. The third kappa shape index (κ3) is 3.46. The fraction of sp³-hybridized carbons (Fsp3) is 0.292. The number of thiophene rings is 1. The maximum Gasteiger partial charge on any atom is 0.266 e. The van der Waals surface area contributed by atoms with Crippen LogP contribution in [0, 0.1) is 11.8 Å². The van der Waals surface area contributed by atoms with E-state index < -0.39 is 0 Å². The number of fused-ring (bicyclic) bond motifs is 3. The van der Waals surface area contributed by atoms with E-state index in [-0.39, 0.29) is 5.56 Å². The van der Waals surface area contributed by atoms with Crippen molar-refractivity contribution in [3.05, 3.63) is 68.2 Å². The number of pyridine rings is 1. The normalized spacial score (nSPS) is 12.7. The Morgan fingerprint density at radius 2 is 1.93 bits per heavy atom. The van der Waals surface area contributed by atoms with Crippen molar-refractivity contribution in [2.75, 3.05) is 13.6 Å². The Hall–Kier alpha value is -2.83. The predicted molar refractivity (Wildman–Crippen MR) is 127 cm³/mol. The van der Waals surface area contributed by atoms with Gasteiger partial charge in [0.05, 0.1) is 5.52 Å². The van der Waals surface area contributed by atoms with Gasteiger partial charge in [0.25, 0.3) is 5.56 Å². The van der Waals surface area contributed by atoms with E-state index in [2.05, 4.69) is 60.2 Å². The van der Waals surface area contributed by atoms with Crippen molar-refractivity contribution in [1.82, 2.24) is 9.88 Å². The molecule has 0 aliphatic carbocycles. The van der Waals surface area contributed by atoms with E-state index in [1.165, 1.54) is 16.9 Å². The maximum absolute atomic E-state index is 12.5. The van der Waals surface area contributed by atoms with Gasteiger partial charge in [-0.2, -0.15) is 0 Å². The lowest BCUT2D eigenvalue weighted by Crippen LogP contribution is -2.30. The van der Waals surface area contributed by atoms with Crippen LogP contribution in [0.2, 0.25) is 0 Å². The molecule has 4 rings (SSSR count). The van der Waals surface area contributed by atoms with Crippen molar-refractivity contribution < 1.29 is 0 Å². The Morgan fingerprint density at radius 1 is 1.20 bits per heavy atom. The quantitative estimate of drug-likeness (QED) is 0.390. The van der Waals surface area contributed by atoms with Gasteiger partial charge >= 0.3 is 0 Å². The molecule has 2 heterocycles. The highest BCUT2D eigenvalue weighted by Crippen LogP contribution is 2.41. The van der Waals surface area contributed by atoms with E-state index in [9.17, 15) is 9.70 Å². The van der Waals surface area contributed by atoms with Crippen molar-refractivity contribution in [3.63, 3.8) is 0 Å². The molecule has 0 bridgehead atoms. The maximum atomic E-state index is 12.5. The van der Waals surface area contributed by atoms with Crippen LogP contribution in [0.4, 0.5) is 5.69 Å². The summed E-state index contributed by atoms with van der Waals surface area (Å²) in [5, 5.41) is 6.99. The Morgan fingerprint density at radius 3 is 2.60 bits per heavy atom. The van der Waals surface area contributed by atoms with Crippen LogP contribution in [0.15, 0.2) is 51.7 Å². The zero-order valence-electron chi connectivity index (χ0n) is 17.7. The first-order chi connectivity index (χ1) is 14.4. The Kier molecular flexibility index (Phi) is 5.54. The Balaban J connectivity index is 1.90. The number of rotatable bonds is 6. The second-order valence-electron chi connectivity index (χ2n) is 7.87. The second-order valence-corrected chi connectivity index (χ2v) is 8.79. The smallest absolute Gasteiger partial charge is 0.266 e. The summed E-state index contributed by atoms with van der Waals surface area (Å²) in [6.45, 7) is 7.29. The first-order valence-electron chi connectivity index (χ1n) is 10.1. The molecule has 1 N–H and O–H groups in total. The van der Waals surface area contributed by atoms with E-state index in [1.54, 1.807) is 6.07 Å². The number of aryl methyl sites for hydroxylation is 1. The van der Waals surface area contributed by atoms with Crippen LogP contribution in [0.1, 0.15) is 25.0 Å². The minimum Gasteiger partial charge on any atom is -0.320 e. The molecular weight excluding hydrogens is 394 g/mol. The summed E-state index contributed by atoms with van der Waals surface area (Å²) in [7, 11) is 2.13. The molecule has 5 nitrogen and oxygen atoms in total. The summed E-state index contributed by atoms with van der Waals surface area (Å²) >= 11 is 1.41. The van der Waals surface area contributed by atoms with E-state index in [4.69, 9.17) is 0 Å². The number of nitroso groups, excluding NO2 is 1. The number of hydrogen-bond acceptors (Lipinski definition) is 5. The van der Waals surface area contributed by atoms with Crippen molar-refractivity contribution in [3.8, 4) is 11.1 Å². The number of aromatic amines is 1. The molecule has 1 atom stereocenters. The summed E-state index contributed by atoms with van der Waals surface area (Å²) in [5.41, 5.74) is 4.84. The number of hydrogen-bond donors (Lipinski definition) is 1. The zero-order chi connectivity index (χ0) is 21.4. The summed E-state index contributed by atoms with van der Waals surface area (Å²) in [6.07, 6.45) is 0.958. The van der Waals surface area contributed by atoms with Crippen LogP contribution in [0.5, 0.6) is 0 Å². The van der Waals surface area contributed by atoms with Gasteiger partial charge in [0, 0.05) is 22.4 Å². The lowest BCUT2D eigenvalue weighted by molar-refractivity contribution is 0.270. The molecule has 0 aliphatic rings. The van der Waals surface area contributed by atoms with Gasteiger partial charge in [0.1, 0.15) is 10.4 Å². The number of H-pyrrole nitrogens is 1. The number of nitrogens with zero attached hydrogens (tertiary/aromatic N) is 2. The molecule has 0 fully saturated rings. The Labute approximate surface area is 179 Å². The molecule has 0 amide bonds. The highest BCUT2D eigenvalue weighted by molar-refractivity contribution is 7.17. The highest BCUT2D eigenvalue weighted by atomic mass is 32.1. The summed E-state index contributed by atoms with van der Waals surface area (Å²) < 4.78 is 0.666. The van der Waals surface area contributed by atoms with Gasteiger partial charge in [-0.05, 0) is 73.2 Å². The third-order valence-corrected chi connectivity index (χ3v) is 6.92. The molecule has 2 aromatic carbocycles. The average Bonchev–Trinajstić information content (AvgIpc) is 3.25. The van der Waals surface area contributed by atoms with Crippen molar-refractivity contribution in [2.24, 2.45) is 5.18 Å². The van der Waals surface area contributed by atoms with E-state index in [0.29, 0.717) is 16.4 Å². The molecule has 0 spiro atoms. The van der Waals surface area contributed by atoms with E-state index >= 15 is 0 Å². The summed E-state index contributed by atoms with van der Waals surface area (Å²) in [6, 6.07) is 12.5. The number of nitrogens with one attached hydrogen (secondary N) is 1. The Bertz CT molecular complexity index is 1290. The van der Waals surface area contributed by atoms with Crippen LogP contribution in [0.3, 0.4) is 0 Å². The molecule has 0 saturated carbocycles. The third-order valence-electron chi connectivity index (χ3n) is 6.01. The number of likely N-dealkylation sites (N-methyl/N-ethyl adjacent to an activating group) is 1. The van der Waals surface area contributed by atoms with Gasteiger partial charge in [-0.3, -0.25) is 4.79 Å².